The highest BCUT2D eigenvalue weighted by atomic mass is 32.1. The Kier molecular flexibility index (Phi) is 4.99. The van der Waals surface area contributed by atoms with Crippen molar-refractivity contribution in [3.63, 3.8) is 0 Å². The third kappa shape index (κ3) is 3.67. The highest BCUT2D eigenvalue weighted by molar-refractivity contribution is 7.08. The van der Waals surface area contributed by atoms with Crippen molar-refractivity contribution in [3.05, 3.63) is 40.6 Å². The summed E-state index contributed by atoms with van der Waals surface area (Å²) in [5.74, 6) is 0.937. The van der Waals surface area contributed by atoms with Crippen LogP contribution in [-0.2, 0) is 9.59 Å². The van der Waals surface area contributed by atoms with Crippen LogP contribution in [0.3, 0.4) is 0 Å². The zero-order valence-electron chi connectivity index (χ0n) is 13.9. The molecule has 3 rings (SSSR count). The van der Waals surface area contributed by atoms with Crippen molar-refractivity contribution in [2.75, 3.05) is 0 Å². The van der Waals surface area contributed by atoms with Gasteiger partial charge >= 0.3 is 0 Å². The Labute approximate surface area is 145 Å². The first kappa shape index (κ1) is 16.7. The fourth-order valence-electron chi connectivity index (χ4n) is 3.21. The van der Waals surface area contributed by atoms with Gasteiger partial charge < -0.3 is 15.2 Å². The van der Waals surface area contributed by atoms with Gasteiger partial charge in [0.15, 0.2) is 0 Å². The summed E-state index contributed by atoms with van der Waals surface area (Å²) in [5.41, 5.74) is 1.05. The summed E-state index contributed by atoms with van der Waals surface area (Å²) in [6, 6.07) is 1.83. The van der Waals surface area contributed by atoms with Crippen LogP contribution in [0.5, 0.6) is 0 Å². The lowest BCUT2D eigenvalue weighted by Gasteiger charge is -2.33. The topological polar surface area (TPSA) is 76.0 Å². The molecule has 24 heavy (non-hydrogen) atoms. The first-order valence-corrected chi connectivity index (χ1v) is 9.09. The number of hydrogen-bond donors (Lipinski definition) is 2. The Bertz CT molecular complexity index is 710. The summed E-state index contributed by atoms with van der Waals surface area (Å²) >= 11 is 1.59. The van der Waals surface area contributed by atoms with Gasteiger partial charge in [-0.2, -0.15) is 11.3 Å². The normalized spacial score (nSPS) is 22.0. The number of nitrogens with one attached hydrogen (secondary N) is 2. The predicted octanol–water partition coefficient (Wildman–Crippen LogP) is 2.34. The predicted molar refractivity (Wildman–Crippen MR) is 92.7 cm³/mol. The quantitative estimate of drug-likeness (QED) is 0.872. The molecule has 0 aromatic carbocycles. The first-order valence-electron chi connectivity index (χ1n) is 8.15. The number of aromatic nitrogens is 2. The summed E-state index contributed by atoms with van der Waals surface area (Å²) in [6.07, 6.45) is 5.13. The molecule has 1 aliphatic heterocycles. The van der Waals surface area contributed by atoms with E-state index in [0.29, 0.717) is 19.3 Å². The molecule has 1 unspecified atom stereocenters. The average Bonchev–Trinajstić information content (AvgIpc) is 3.20. The zero-order chi connectivity index (χ0) is 17.1. The molecule has 7 heteroatoms. The van der Waals surface area contributed by atoms with E-state index in [1.807, 2.05) is 41.4 Å². The molecule has 3 heterocycles. The lowest BCUT2D eigenvalue weighted by molar-refractivity contribution is -0.127. The van der Waals surface area contributed by atoms with Gasteiger partial charge in [-0.15, -0.1) is 0 Å². The molecule has 3 atom stereocenters. The number of thiophene rings is 1. The van der Waals surface area contributed by atoms with Crippen LogP contribution in [-0.4, -0.2) is 27.4 Å². The van der Waals surface area contributed by atoms with Crippen molar-refractivity contribution < 1.29 is 9.59 Å². The van der Waals surface area contributed by atoms with Gasteiger partial charge in [-0.1, -0.05) is 0 Å². The Morgan fingerprint density at radius 3 is 3.08 bits per heavy atom. The molecular formula is C17H22N4O2S. The Hall–Kier alpha value is -2.15. The lowest BCUT2D eigenvalue weighted by atomic mass is 9.93. The average molecular weight is 346 g/mol. The van der Waals surface area contributed by atoms with E-state index in [9.17, 15) is 9.59 Å². The highest BCUT2D eigenvalue weighted by Gasteiger charge is 2.31. The van der Waals surface area contributed by atoms with Crippen LogP contribution in [0.4, 0.5) is 0 Å². The smallest absolute Gasteiger partial charge is 0.222 e. The van der Waals surface area contributed by atoms with Gasteiger partial charge in [0.25, 0.3) is 0 Å². The summed E-state index contributed by atoms with van der Waals surface area (Å²) in [7, 11) is 0. The zero-order valence-corrected chi connectivity index (χ0v) is 14.7. The summed E-state index contributed by atoms with van der Waals surface area (Å²) in [4.78, 5) is 28.4. The number of carbonyl (C=O) groups excluding carboxylic acids is 2. The second kappa shape index (κ2) is 7.17. The van der Waals surface area contributed by atoms with Crippen LogP contribution in [0.1, 0.15) is 49.7 Å². The van der Waals surface area contributed by atoms with Crippen molar-refractivity contribution in [3.8, 4) is 0 Å². The van der Waals surface area contributed by atoms with E-state index in [2.05, 4.69) is 15.6 Å². The van der Waals surface area contributed by atoms with Crippen molar-refractivity contribution in [2.45, 2.75) is 51.2 Å². The molecule has 2 N–H and O–H groups in total. The molecule has 1 aliphatic rings. The van der Waals surface area contributed by atoms with E-state index >= 15 is 0 Å². The van der Waals surface area contributed by atoms with E-state index < -0.39 is 0 Å². The van der Waals surface area contributed by atoms with E-state index in [0.717, 1.165) is 11.4 Å². The molecule has 1 fully saturated rings. The van der Waals surface area contributed by atoms with Crippen LogP contribution in [0.2, 0.25) is 0 Å². The van der Waals surface area contributed by atoms with E-state index in [4.69, 9.17) is 0 Å². The van der Waals surface area contributed by atoms with E-state index in [-0.39, 0.29) is 29.9 Å². The number of rotatable bonds is 5. The second-order valence-corrected chi connectivity index (χ2v) is 7.03. The van der Waals surface area contributed by atoms with Gasteiger partial charge in [0, 0.05) is 31.3 Å². The van der Waals surface area contributed by atoms with Crippen molar-refractivity contribution >= 4 is 23.2 Å². The van der Waals surface area contributed by atoms with E-state index in [1.165, 1.54) is 0 Å². The molecule has 2 aromatic heterocycles. The SMILES string of the molecule is Cc1nccn1C(C)CC(=O)N[C@@H]1CCC(=O)N[C@H]1c1ccsc1. The summed E-state index contributed by atoms with van der Waals surface area (Å²) in [6.45, 7) is 3.94. The monoisotopic (exact) mass is 346 g/mol. The maximum atomic E-state index is 12.5. The van der Waals surface area contributed by atoms with Gasteiger partial charge in [0.05, 0.1) is 12.1 Å². The number of hydrogen-bond acceptors (Lipinski definition) is 4. The molecule has 2 amide bonds. The number of aryl methyl sites for hydroxylation is 1. The first-order chi connectivity index (χ1) is 11.5. The van der Waals surface area contributed by atoms with Crippen molar-refractivity contribution in [2.24, 2.45) is 0 Å². The molecule has 0 radical (unpaired) electrons. The third-order valence-corrected chi connectivity index (χ3v) is 5.17. The van der Waals surface area contributed by atoms with Gasteiger partial charge in [-0.25, -0.2) is 4.98 Å². The molecule has 0 aliphatic carbocycles. The molecule has 2 aromatic rings. The maximum Gasteiger partial charge on any atom is 0.222 e. The maximum absolute atomic E-state index is 12.5. The minimum atomic E-state index is -0.147. The Balaban J connectivity index is 1.64. The minimum Gasteiger partial charge on any atom is -0.351 e. The van der Waals surface area contributed by atoms with Crippen molar-refractivity contribution in [1.82, 2.24) is 20.2 Å². The summed E-state index contributed by atoms with van der Waals surface area (Å²) < 4.78 is 2.00. The molecule has 0 spiro atoms. The number of piperidine rings is 1. The van der Waals surface area contributed by atoms with Crippen LogP contribution in [0, 0.1) is 6.92 Å². The van der Waals surface area contributed by atoms with E-state index in [1.54, 1.807) is 17.5 Å². The molecule has 0 saturated carbocycles. The van der Waals surface area contributed by atoms with Gasteiger partial charge in [-0.3, -0.25) is 9.59 Å². The Morgan fingerprint density at radius 1 is 1.58 bits per heavy atom. The minimum absolute atomic E-state index is 0.00280. The standard InChI is InChI=1S/C17H22N4O2S/c1-11(21-7-6-18-12(21)2)9-16(23)19-14-3-4-15(22)20-17(14)13-5-8-24-10-13/h5-8,10-11,14,17H,3-4,9H2,1-2H3,(H,19,23)(H,20,22)/t11?,14-,17+/m1/s1. The Morgan fingerprint density at radius 2 is 2.42 bits per heavy atom. The third-order valence-electron chi connectivity index (χ3n) is 4.47. The number of nitrogens with zero attached hydrogens (tertiary/aromatic N) is 2. The van der Waals surface area contributed by atoms with Crippen LogP contribution in [0.15, 0.2) is 29.2 Å². The molecule has 128 valence electrons. The van der Waals surface area contributed by atoms with Gasteiger partial charge in [0.1, 0.15) is 5.82 Å². The fourth-order valence-corrected chi connectivity index (χ4v) is 3.90. The number of carbonyl (C=O) groups is 2. The molecule has 0 bridgehead atoms. The summed E-state index contributed by atoms with van der Waals surface area (Å²) in [5, 5.41) is 10.1. The second-order valence-electron chi connectivity index (χ2n) is 6.25. The van der Waals surface area contributed by atoms with Crippen LogP contribution in [0.25, 0.3) is 0 Å². The van der Waals surface area contributed by atoms with Crippen LogP contribution < -0.4 is 10.6 Å². The lowest BCUT2D eigenvalue weighted by Crippen LogP contribution is -2.50. The largest absolute Gasteiger partial charge is 0.351 e. The van der Waals surface area contributed by atoms with Gasteiger partial charge in [-0.05, 0) is 42.7 Å². The van der Waals surface area contributed by atoms with Crippen LogP contribution >= 0.6 is 11.3 Å². The number of imidazole rings is 1. The molecule has 6 nitrogen and oxygen atoms in total. The fraction of sp³-hybridized carbons (Fsp3) is 0.471. The molecular weight excluding hydrogens is 324 g/mol. The number of amides is 2. The molecule has 1 saturated heterocycles. The van der Waals surface area contributed by atoms with Gasteiger partial charge in [0.2, 0.25) is 11.8 Å². The highest BCUT2D eigenvalue weighted by Crippen LogP contribution is 2.26. The van der Waals surface area contributed by atoms with Crippen molar-refractivity contribution in [1.29, 1.82) is 0 Å².